The summed E-state index contributed by atoms with van der Waals surface area (Å²) < 4.78 is 95.1. The van der Waals surface area contributed by atoms with Gasteiger partial charge in [0.25, 0.3) is 0 Å². The van der Waals surface area contributed by atoms with Crippen molar-refractivity contribution in [1.82, 2.24) is 14.7 Å². The normalized spacial score (nSPS) is 18.8. The summed E-state index contributed by atoms with van der Waals surface area (Å²) in [7, 11) is 4.73. The Hall–Kier alpha value is -3.15. The first-order valence-corrected chi connectivity index (χ1v) is 13.0. The number of hydrogen-bond acceptors (Lipinski definition) is 3. The van der Waals surface area contributed by atoms with Crippen molar-refractivity contribution in [1.29, 1.82) is 0 Å². The molecule has 12 heteroatoms. The third-order valence-electron chi connectivity index (χ3n) is 7.81. The highest BCUT2D eigenvalue weighted by Gasteiger charge is 2.43. The summed E-state index contributed by atoms with van der Waals surface area (Å²) in [6.45, 7) is 5.17. The smallest absolute Gasteiger partial charge is 0.348 e. The van der Waals surface area contributed by atoms with Crippen LogP contribution in [0.2, 0.25) is 0 Å². The number of likely N-dealkylation sites (tertiary alicyclic amines) is 1. The number of aryl methyl sites for hydroxylation is 1. The summed E-state index contributed by atoms with van der Waals surface area (Å²) in [4.78, 5) is 31.0. The van der Waals surface area contributed by atoms with Crippen LogP contribution in [0.1, 0.15) is 54.0 Å². The Balaban J connectivity index is 2.02. The van der Waals surface area contributed by atoms with Crippen molar-refractivity contribution in [2.75, 3.05) is 40.8 Å². The quantitative estimate of drug-likeness (QED) is 0.397. The molecular weight excluding hydrogens is 555 g/mol. The molecule has 1 saturated heterocycles. The third kappa shape index (κ3) is 7.20. The minimum absolute atomic E-state index is 0.0336. The molecule has 3 rings (SSSR count). The van der Waals surface area contributed by atoms with E-state index in [4.69, 9.17) is 0 Å². The minimum atomic E-state index is -5.05. The summed E-state index contributed by atoms with van der Waals surface area (Å²) >= 11 is 0. The number of carbonyl (C=O) groups excluding carboxylic acids is 2. The van der Waals surface area contributed by atoms with Crippen LogP contribution in [-0.4, -0.2) is 73.3 Å². The third-order valence-corrected chi connectivity index (χ3v) is 7.81. The first-order valence-electron chi connectivity index (χ1n) is 13.0. The molecule has 1 aliphatic heterocycles. The van der Waals surface area contributed by atoms with Gasteiger partial charge in [-0.15, -0.1) is 0 Å². The fourth-order valence-corrected chi connectivity index (χ4v) is 5.34. The van der Waals surface area contributed by atoms with Crippen LogP contribution >= 0.6 is 0 Å². The molecule has 41 heavy (non-hydrogen) atoms. The van der Waals surface area contributed by atoms with Gasteiger partial charge in [0.2, 0.25) is 11.8 Å². The fraction of sp³-hybridized carbons (Fsp3) is 0.517. The van der Waals surface area contributed by atoms with Crippen LogP contribution in [0, 0.1) is 12.7 Å². The molecule has 0 N–H and O–H groups in total. The summed E-state index contributed by atoms with van der Waals surface area (Å²) in [5, 5.41) is 0. The second-order valence-corrected chi connectivity index (χ2v) is 11.3. The van der Waals surface area contributed by atoms with E-state index in [2.05, 4.69) is 0 Å². The molecule has 0 bridgehead atoms. The SMILES string of the molecule is Cc1cc(F)ccc1[C@H]1CN(CC(=O)N(C)C)CC[C@@H]1N(C)C(=O)C(C)(C)c1cc(C(F)(F)F)cc(C(F)(F)F)c1. The lowest BCUT2D eigenvalue weighted by Crippen LogP contribution is -2.55. The number of piperidine rings is 1. The number of carbonyl (C=O) groups is 2. The second kappa shape index (κ2) is 11.6. The summed E-state index contributed by atoms with van der Waals surface area (Å²) in [6, 6.07) is 4.91. The summed E-state index contributed by atoms with van der Waals surface area (Å²) in [5.41, 5.74) is -3.81. The molecule has 0 spiro atoms. The van der Waals surface area contributed by atoms with Crippen molar-refractivity contribution in [3.05, 3.63) is 70.0 Å². The highest BCUT2D eigenvalue weighted by Crippen LogP contribution is 2.40. The average molecular weight is 590 g/mol. The van der Waals surface area contributed by atoms with E-state index >= 15 is 0 Å². The Morgan fingerprint density at radius 3 is 1.93 bits per heavy atom. The second-order valence-electron chi connectivity index (χ2n) is 11.3. The molecule has 226 valence electrons. The Morgan fingerprint density at radius 2 is 1.44 bits per heavy atom. The first kappa shape index (κ1) is 32.4. The van der Waals surface area contributed by atoms with Crippen molar-refractivity contribution >= 4 is 11.8 Å². The standard InChI is InChI=1S/C29H34F7N3O2/c1-17-11-21(30)7-8-22(17)23-15-39(16-25(40)37(4)5)10-9-24(23)38(6)26(41)27(2,3)18-12-19(28(31,32)33)14-20(13-18)29(34,35)36/h7-8,11-14,23-24H,9-10,15-16H2,1-6H3/t23-,24+/m1/s1. The van der Waals surface area contributed by atoms with E-state index in [-0.39, 0.29) is 18.5 Å². The number of amides is 2. The van der Waals surface area contributed by atoms with Gasteiger partial charge in [-0.05, 0) is 74.2 Å². The Labute approximate surface area is 234 Å². The monoisotopic (exact) mass is 589 g/mol. The van der Waals surface area contributed by atoms with E-state index in [0.717, 1.165) is 5.56 Å². The maximum atomic E-state index is 13.9. The molecule has 0 unspecified atom stereocenters. The number of halogens is 7. The molecule has 2 amide bonds. The van der Waals surface area contributed by atoms with Gasteiger partial charge >= 0.3 is 12.4 Å². The van der Waals surface area contributed by atoms with Crippen LogP contribution in [0.25, 0.3) is 0 Å². The van der Waals surface area contributed by atoms with Gasteiger partial charge in [0, 0.05) is 46.2 Å². The number of benzene rings is 2. The predicted octanol–water partition coefficient (Wildman–Crippen LogP) is 5.85. The molecule has 1 aliphatic rings. The number of nitrogens with zero attached hydrogens (tertiary/aromatic N) is 3. The number of alkyl halides is 6. The van der Waals surface area contributed by atoms with Gasteiger partial charge in [-0.3, -0.25) is 14.5 Å². The number of hydrogen-bond donors (Lipinski definition) is 0. The van der Waals surface area contributed by atoms with E-state index in [0.29, 0.717) is 37.2 Å². The van der Waals surface area contributed by atoms with Crippen molar-refractivity contribution in [3.63, 3.8) is 0 Å². The van der Waals surface area contributed by atoms with Gasteiger partial charge < -0.3 is 9.80 Å². The zero-order valence-electron chi connectivity index (χ0n) is 23.8. The lowest BCUT2D eigenvalue weighted by molar-refractivity contribution is -0.144. The molecule has 2 aromatic carbocycles. The van der Waals surface area contributed by atoms with Crippen molar-refractivity contribution in [2.24, 2.45) is 0 Å². The van der Waals surface area contributed by atoms with E-state index in [1.54, 1.807) is 27.1 Å². The van der Waals surface area contributed by atoms with Crippen LogP contribution < -0.4 is 0 Å². The molecule has 0 radical (unpaired) electrons. The molecule has 0 saturated carbocycles. The molecule has 1 heterocycles. The average Bonchev–Trinajstić information content (AvgIpc) is 2.86. The lowest BCUT2D eigenvalue weighted by atomic mass is 9.78. The van der Waals surface area contributed by atoms with Crippen LogP contribution in [0.3, 0.4) is 0 Å². The number of rotatable bonds is 6. The van der Waals surface area contributed by atoms with Gasteiger partial charge in [-0.25, -0.2) is 4.39 Å². The molecular formula is C29H34F7N3O2. The molecule has 5 nitrogen and oxygen atoms in total. The Kier molecular flexibility index (Phi) is 9.17. The lowest BCUT2D eigenvalue weighted by Gasteiger charge is -2.45. The molecule has 2 atom stereocenters. The maximum absolute atomic E-state index is 13.9. The van der Waals surface area contributed by atoms with Crippen molar-refractivity contribution in [3.8, 4) is 0 Å². The first-order chi connectivity index (χ1) is 18.7. The van der Waals surface area contributed by atoms with Gasteiger partial charge in [-0.2, -0.15) is 26.3 Å². The Bertz CT molecular complexity index is 1260. The summed E-state index contributed by atoms with van der Waals surface area (Å²) in [5.74, 6) is -1.66. The maximum Gasteiger partial charge on any atom is 0.416 e. The van der Waals surface area contributed by atoms with Crippen molar-refractivity contribution < 1.29 is 40.3 Å². The summed E-state index contributed by atoms with van der Waals surface area (Å²) in [6.07, 6.45) is -9.73. The molecule has 1 fully saturated rings. The zero-order chi connectivity index (χ0) is 31.1. The fourth-order valence-electron chi connectivity index (χ4n) is 5.34. The van der Waals surface area contributed by atoms with Gasteiger partial charge in [0.15, 0.2) is 0 Å². The highest BCUT2D eigenvalue weighted by molar-refractivity contribution is 5.87. The van der Waals surface area contributed by atoms with E-state index in [9.17, 15) is 40.3 Å². The van der Waals surface area contributed by atoms with Gasteiger partial charge in [-0.1, -0.05) is 6.07 Å². The molecule has 0 aliphatic carbocycles. The van der Waals surface area contributed by atoms with Crippen LogP contribution in [0.4, 0.5) is 30.7 Å². The minimum Gasteiger partial charge on any atom is -0.348 e. The van der Waals surface area contributed by atoms with Crippen LogP contribution in [-0.2, 0) is 27.4 Å². The largest absolute Gasteiger partial charge is 0.416 e. The highest BCUT2D eigenvalue weighted by atomic mass is 19.4. The molecule has 2 aromatic rings. The van der Waals surface area contributed by atoms with E-state index < -0.39 is 58.1 Å². The zero-order valence-corrected chi connectivity index (χ0v) is 23.8. The molecule has 0 aromatic heterocycles. The van der Waals surface area contributed by atoms with Crippen LogP contribution in [0.5, 0.6) is 0 Å². The topological polar surface area (TPSA) is 43.9 Å². The van der Waals surface area contributed by atoms with Crippen LogP contribution in [0.15, 0.2) is 36.4 Å². The predicted molar refractivity (Wildman–Crippen MR) is 140 cm³/mol. The van der Waals surface area contributed by atoms with Gasteiger partial charge in [0.05, 0.1) is 23.1 Å². The van der Waals surface area contributed by atoms with Crippen molar-refractivity contribution in [2.45, 2.75) is 56.9 Å². The van der Waals surface area contributed by atoms with Gasteiger partial charge in [0.1, 0.15) is 5.82 Å². The number of likely N-dealkylation sites (N-methyl/N-ethyl adjacent to an activating group) is 2. The van der Waals surface area contributed by atoms with E-state index in [1.165, 1.54) is 42.8 Å². The Morgan fingerprint density at radius 1 is 0.902 bits per heavy atom. The van der Waals surface area contributed by atoms with E-state index in [1.807, 2.05) is 4.90 Å².